The lowest BCUT2D eigenvalue weighted by molar-refractivity contribution is 0.102. The van der Waals surface area contributed by atoms with E-state index in [2.05, 4.69) is 30.6 Å². The number of anilines is 3. The quantitative estimate of drug-likeness (QED) is 0.489. The molecular formula is C22H20N6O3. The first kappa shape index (κ1) is 20.0. The predicted octanol–water partition coefficient (Wildman–Crippen LogP) is 3.74. The summed E-state index contributed by atoms with van der Waals surface area (Å²) < 4.78 is 10.7. The maximum Gasteiger partial charge on any atom is 0.275 e. The normalized spacial score (nSPS) is 10.5. The van der Waals surface area contributed by atoms with Gasteiger partial charge in [0.15, 0.2) is 11.5 Å². The Bertz CT molecular complexity index is 1230. The Morgan fingerprint density at radius 3 is 2.26 bits per heavy atom. The van der Waals surface area contributed by atoms with Crippen molar-refractivity contribution in [1.29, 1.82) is 0 Å². The largest absolute Gasteiger partial charge is 0.493 e. The first-order valence-corrected chi connectivity index (χ1v) is 9.41. The van der Waals surface area contributed by atoms with Gasteiger partial charge in [0.25, 0.3) is 5.91 Å². The maximum atomic E-state index is 12.3. The van der Waals surface area contributed by atoms with Crippen LogP contribution < -0.4 is 20.1 Å². The second kappa shape index (κ2) is 8.62. The number of fused-ring (bicyclic) bond motifs is 1. The van der Waals surface area contributed by atoms with Crippen LogP contribution in [-0.2, 0) is 0 Å². The molecule has 9 nitrogen and oxygen atoms in total. The highest BCUT2D eigenvalue weighted by Crippen LogP contribution is 2.34. The SMILES string of the molecule is COc1cc2ncnc(Nc3ccc(NC(=O)c4cnc(C)cn4)cc3)c2cc1OC. The molecule has 0 bridgehead atoms. The first-order chi connectivity index (χ1) is 15.1. The van der Waals surface area contributed by atoms with Crippen molar-refractivity contribution in [1.82, 2.24) is 19.9 Å². The number of carbonyl (C=O) groups is 1. The lowest BCUT2D eigenvalue weighted by Crippen LogP contribution is -2.14. The van der Waals surface area contributed by atoms with Crippen molar-refractivity contribution in [3.05, 3.63) is 66.5 Å². The van der Waals surface area contributed by atoms with Crippen LogP contribution in [0.15, 0.2) is 55.1 Å². The van der Waals surface area contributed by atoms with Crippen molar-refractivity contribution in [3.8, 4) is 11.5 Å². The van der Waals surface area contributed by atoms with Crippen molar-refractivity contribution >= 4 is 34.0 Å². The summed E-state index contributed by atoms with van der Waals surface area (Å²) in [6.45, 7) is 1.81. The van der Waals surface area contributed by atoms with Crippen LogP contribution in [0.25, 0.3) is 10.9 Å². The number of methoxy groups -OCH3 is 2. The third-order valence-corrected chi connectivity index (χ3v) is 4.56. The first-order valence-electron chi connectivity index (χ1n) is 9.41. The number of nitrogens with one attached hydrogen (secondary N) is 2. The molecule has 0 aliphatic heterocycles. The highest BCUT2D eigenvalue weighted by atomic mass is 16.5. The van der Waals surface area contributed by atoms with Crippen LogP contribution in [0.1, 0.15) is 16.2 Å². The molecule has 0 spiro atoms. The van der Waals surface area contributed by atoms with Gasteiger partial charge in [0.1, 0.15) is 17.8 Å². The molecule has 0 saturated heterocycles. The molecule has 2 aromatic heterocycles. The highest BCUT2D eigenvalue weighted by Gasteiger charge is 2.12. The van der Waals surface area contributed by atoms with E-state index in [9.17, 15) is 4.79 Å². The van der Waals surface area contributed by atoms with E-state index >= 15 is 0 Å². The van der Waals surface area contributed by atoms with Crippen LogP contribution in [0, 0.1) is 6.92 Å². The lowest BCUT2D eigenvalue weighted by atomic mass is 10.2. The van der Waals surface area contributed by atoms with E-state index in [4.69, 9.17) is 9.47 Å². The van der Waals surface area contributed by atoms with E-state index in [1.165, 1.54) is 12.5 Å². The Balaban J connectivity index is 1.53. The molecule has 4 rings (SSSR count). The molecule has 2 heterocycles. The van der Waals surface area contributed by atoms with E-state index in [-0.39, 0.29) is 11.6 Å². The van der Waals surface area contributed by atoms with Crippen LogP contribution in [0.5, 0.6) is 11.5 Å². The van der Waals surface area contributed by atoms with Gasteiger partial charge in [0.05, 0.1) is 31.6 Å². The Morgan fingerprint density at radius 1 is 0.871 bits per heavy atom. The van der Waals surface area contributed by atoms with E-state index in [1.807, 2.05) is 25.1 Å². The summed E-state index contributed by atoms with van der Waals surface area (Å²) in [5.74, 6) is 1.48. The topological polar surface area (TPSA) is 111 Å². The molecule has 2 N–H and O–H groups in total. The summed E-state index contributed by atoms with van der Waals surface area (Å²) >= 11 is 0. The average molecular weight is 416 g/mol. The summed E-state index contributed by atoms with van der Waals surface area (Å²) in [5.41, 5.74) is 3.16. The summed E-state index contributed by atoms with van der Waals surface area (Å²) in [4.78, 5) is 29.1. The monoisotopic (exact) mass is 416 g/mol. The number of amides is 1. The molecule has 0 aliphatic rings. The second-order valence-electron chi connectivity index (χ2n) is 6.65. The lowest BCUT2D eigenvalue weighted by Gasteiger charge is -2.12. The van der Waals surface area contributed by atoms with Gasteiger partial charge in [-0.1, -0.05) is 0 Å². The zero-order valence-electron chi connectivity index (χ0n) is 17.2. The fourth-order valence-electron chi connectivity index (χ4n) is 2.96. The summed E-state index contributed by atoms with van der Waals surface area (Å²) in [6.07, 6.45) is 4.48. The third kappa shape index (κ3) is 4.35. The van der Waals surface area contributed by atoms with Crippen molar-refractivity contribution in [2.24, 2.45) is 0 Å². The summed E-state index contributed by atoms with van der Waals surface area (Å²) in [6, 6.07) is 10.9. The number of hydrogen-bond acceptors (Lipinski definition) is 8. The zero-order chi connectivity index (χ0) is 21.8. The van der Waals surface area contributed by atoms with Gasteiger partial charge < -0.3 is 20.1 Å². The summed E-state index contributed by atoms with van der Waals surface area (Å²) in [7, 11) is 3.16. The minimum Gasteiger partial charge on any atom is -0.493 e. The molecule has 156 valence electrons. The Morgan fingerprint density at radius 2 is 1.58 bits per heavy atom. The van der Waals surface area contributed by atoms with Gasteiger partial charge >= 0.3 is 0 Å². The van der Waals surface area contributed by atoms with Gasteiger partial charge in [-0.15, -0.1) is 0 Å². The van der Waals surface area contributed by atoms with E-state index in [0.29, 0.717) is 23.0 Å². The fraction of sp³-hybridized carbons (Fsp3) is 0.136. The van der Waals surface area contributed by atoms with Gasteiger partial charge in [-0.2, -0.15) is 0 Å². The second-order valence-corrected chi connectivity index (χ2v) is 6.65. The molecule has 0 aliphatic carbocycles. The van der Waals surface area contributed by atoms with Crippen LogP contribution in [-0.4, -0.2) is 40.1 Å². The molecule has 9 heteroatoms. The standard InChI is InChI=1S/C22H20N6O3/c1-13-10-24-18(11-23-13)22(29)28-15-6-4-14(5-7-15)27-21-16-8-19(30-2)20(31-3)9-17(16)25-12-26-21/h4-12H,1-3H3,(H,28,29)(H,25,26,27). The van der Waals surface area contributed by atoms with Crippen LogP contribution in [0.3, 0.4) is 0 Å². The number of nitrogens with zero attached hydrogens (tertiary/aromatic N) is 4. The molecule has 1 amide bonds. The molecule has 4 aromatic rings. The number of carbonyl (C=O) groups excluding carboxylic acids is 1. The molecule has 0 fully saturated rings. The fourth-order valence-corrected chi connectivity index (χ4v) is 2.96. The van der Waals surface area contributed by atoms with Gasteiger partial charge in [0, 0.05) is 29.0 Å². The van der Waals surface area contributed by atoms with E-state index in [0.717, 1.165) is 22.3 Å². The van der Waals surface area contributed by atoms with Gasteiger partial charge in [-0.3, -0.25) is 9.78 Å². The van der Waals surface area contributed by atoms with Crippen LogP contribution >= 0.6 is 0 Å². The number of ether oxygens (including phenoxy) is 2. The Labute approximate surface area is 178 Å². The van der Waals surface area contributed by atoms with Crippen molar-refractivity contribution in [2.75, 3.05) is 24.9 Å². The number of rotatable bonds is 6. The number of benzene rings is 2. The third-order valence-electron chi connectivity index (χ3n) is 4.56. The van der Waals surface area contributed by atoms with Crippen LogP contribution in [0.2, 0.25) is 0 Å². The van der Waals surface area contributed by atoms with Gasteiger partial charge in [-0.05, 0) is 37.3 Å². The molecular weight excluding hydrogens is 396 g/mol. The Hall–Kier alpha value is -4.27. The zero-order valence-corrected chi connectivity index (χ0v) is 17.2. The molecule has 0 unspecified atom stereocenters. The number of aromatic nitrogens is 4. The molecule has 0 radical (unpaired) electrons. The van der Waals surface area contributed by atoms with E-state index < -0.39 is 0 Å². The smallest absolute Gasteiger partial charge is 0.275 e. The Kier molecular flexibility index (Phi) is 5.57. The molecule has 31 heavy (non-hydrogen) atoms. The van der Waals surface area contributed by atoms with Crippen LogP contribution in [0.4, 0.5) is 17.2 Å². The number of hydrogen-bond donors (Lipinski definition) is 2. The van der Waals surface area contributed by atoms with Gasteiger partial charge in [0.2, 0.25) is 0 Å². The highest BCUT2D eigenvalue weighted by molar-refractivity contribution is 6.02. The minimum atomic E-state index is -0.323. The minimum absolute atomic E-state index is 0.254. The van der Waals surface area contributed by atoms with Crippen molar-refractivity contribution < 1.29 is 14.3 Å². The molecule has 0 saturated carbocycles. The molecule has 2 aromatic carbocycles. The predicted molar refractivity (Wildman–Crippen MR) is 117 cm³/mol. The average Bonchev–Trinajstić information content (AvgIpc) is 2.80. The van der Waals surface area contributed by atoms with Crippen molar-refractivity contribution in [2.45, 2.75) is 6.92 Å². The molecule has 0 atom stereocenters. The summed E-state index contributed by atoms with van der Waals surface area (Å²) in [5, 5.41) is 6.86. The number of aryl methyl sites for hydroxylation is 1. The van der Waals surface area contributed by atoms with E-state index in [1.54, 1.807) is 38.6 Å². The van der Waals surface area contributed by atoms with Gasteiger partial charge in [-0.25, -0.2) is 15.0 Å². The maximum absolute atomic E-state index is 12.3. The van der Waals surface area contributed by atoms with Crippen molar-refractivity contribution in [3.63, 3.8) is 0 Å².